The second-order valence-corrected chi connectivity index (χ2v) is 8.23. The van der Waals surface area contributed by atoms with Crippen LogP contribution in [0.5, 0.6) is 11.5 Å². The number of Topliss-reactive ketones (excluding diaryl/α,β-unsaturated/α-hetero) is 1. The number of aliphatic hydroxyl groups excluding tert-OH is 1. The maximum atomic E-state index is 13.2. The van der Waals surface area contributed by atoms with Gasteiger partial charge in [0.05, 0.1) is 18.7 Å². The predicted octanol–water partition coefficient (Wildman–Crippen LogP) is 4.64. The minimum Gasteiger partial charge on any atom is -0.507 e. The molecule has 0 saturated carbocycles. The normalized spacial score (nSPS) is 21.1. The predicted molar refractivity (Wildman–Crippen MR) is 124 cm³/mol. The molecule has 2 atom stereocenters. The molecule has 0 spiro atoms. The second-order valence-electron chi connectivity index (χ2n) is 8.23. The molecular weight excluding hydrogens is 418 g/mol. The summed E-state index contributed by atoms with van der Waals surface area (Å²) >= 11 is 0. The van der Waals surface area contributed by atoms with Crippen LogP contribution < -0.4 is 14.4 Å². The molecule has 1 amide bonds. The first-order chi connectivity index (χ1) is 16.0. The molecular formula is C27H23NO5. The van der Waals surface area contributed by atoms with E-state index in [1.54, 1.807) is 43.5 Å². The lowest BCUT2D eigenvalue weighted by molar-refractivity contribution is -0.132. The topological polar surface area (TPSA) is 76.1 Å². The molecule has 1 N–H and O–H groups in total. The van der Waals surface area contributed by atoms with E-state index in [0.29, 0.717) is 17.0 Å². The zero-order valence-electron chi connectivity index (χ0n) is 18.3. The molecule has 6 heteroatoms. The van der Waals surface area contributed by atoms with E-state index >= 15 is 0 Å². The number of benzene rings is 3. The Hall–Kier alpha value is -4.06. The lowest BCUT2D eigenvalue weighted by Crippen LogP contribution is -2.29. The lowest BCUT2D eigenvalue weighted by Gasteiger charge is -2.25. The van der Waals surface area contributed by atoms with Crippen molar-refractivity contribution < 1.29 is 24.2 Å². The molecule has 6 nitrogen and oxygen atoms in total. The molecule has 2 heterocycles. The molecule has 1 fully saturated rings. The van der Waals surface area contributed by atoms with Crippen molar-refractivity contribution in [2.24, 2.45) is 0 Å². The summed E-state index contributed by atoms with van der Waals surface area (Å²) in [7, 11) is 1.56. The molecule has 0 bridgehead atoms. The highest BCUT2D eigenvalue weighted by molar-refractivity contribution is 6.51. The number of carbonyl (C=O) groups excluding carboxylic acids is 2. The van der Waals surface area contributed by atoms with Gasteiger partial charge in [-0.15, -0.1) is 0 Å². The first kappa shape index (κ1) is 20.8. The number of hydrogen-bond donors (Lipinski definition) is 1. The van der Waals surface area contributed by atoms with Gasteiger partial charge in [0.15, 0.2) is 0 Å². The highest BCUT2D eigenvalue weighted by Gasteiger charge is 2.47. The quantitative estimate of drug-likeness (QED) is 0.363. The number of ether oxygens (including phenoxy) is 2. The van der Waals surface area contributed by atoms with Crippen LogP contribution in [0, 0.1) is 0 Å². The van der Waals surface area contributed by atoms with Crippen LogP contribution in [-0.2, 0) is 16.0 Å². The van der Waals surface area contributed by atoms with Gasteiger partial charge >= 0.3 is 0 Å². The summed E-state index contributed by atoms with van der Waals surface area (Å²) in [5, 5.41) is 11.3. The van der Waals surface area contributed by atoms with Crippen molar-refractivity contribution in [2.75, 3.05) is 12.0 Å². The van der Waals surface area contributed by atoms with Gasteiger partial charge in [0.1, 0.15) is 23.4 Å². The Morgan fingerprint density at radius 2 is 1.76 bits per heavy atom. The monoisotopic (exact) mass is 441 g/mol. The number of nitrogens with zero attached hydrogens (tertiary/aromatic N) is 1. The molecule has 2 aliphatic heterocycles. The summed E-state index contributed by atoms with van der Waals surface area (Å²) in [5.74, 6) is -0.185. The van der Waals surface area contributed by atoms with E-state index < -0.39 is 17.7 Å². The van der Waals surface area contributed by atoms with Gasteiger partial charge in [-0.1, -0.05) is 30.3 Å². The number of rotatable bonds is 4. The number of anilines is 1. The van der Waals surface area contributed by atoms with Gasteiger partial charge in [-0.2, -0.15) is 0 Å². The molecule has 1 saturated heterocycles. The zero-order valence-corrected chi connectivity index (χ0v) is 18.3. The summed E-state index contributed by atoms with van der Waals surface area (Å²) in [6, 6.07) is 20.8. The van der Waals surface area contributed by atoms with E-state index in [9.17, 15) is 14.7 Å². The molecule has 3 aromatic carbocycles. The smallest absolute Gasteiger partial charge is 0.300 e. The molecule has 5 rings (SSSR count). The lowest BCUT2D eigenvalue weighted by atomic mass is 9.94. The van der Waals surface area contributed by atoms with Gasteiger partial charge in [0.25, 0.3) is 11.7 Å². The van der Waals surface area contributed by atoms with Crippen molar-refractivity contribution in [3.05, 3.63) is 95.1 Å². The van der Waals surface area contributed by atoms with E-state index in [1.807, 2.05) is 43.3 Å². The van der Waals surface area contributed by atoms with Crippen molar-refractivity contribution in [3.63, 3.8) is 0 Å². The van der Waals surface area contributed by atoms with E-state index in [0.717, 1.165) is 23.3 Å². The molecule has 166 valence electrons. The molecule has 2 aliphatic rings. The zero-order chi connectivity index (χ0) is 23.1. The molecule has 0 aromatic heterocycles. The highest BCUT2D eigenvalue weighted by atomic mass is 16.5. The number of hydrogen-bond acceptors (Lipinski definition) is 5. The van der Waals surface area contributed by atoms with Crippen LogP contribution in [-0.4, -0.2) is 30.0 Å². The number of amides is 1. The van der Waals surface area contributed by atoms with E-state index in [2.05, 4.69) is 0 Å². The number of carbonyl (C=O) groups is 2. The van der Waals surface area contributed by atoms with Gasteiger partial charge in [-0.05, 0) is 60.5 Å². The average Bonchev–Trinajstić information content (AvgIpc) is 3.34. The minimum atomic E-state index is -0.761. The fourth-order valence-corrected chi connectivity index (χ4v) is 4.52. The summed E-state index contributed by atoms with van der Waals surface area (Å²) in [5.41, 5.74) is 2.79. The van der Waals surface area contributed by atoms with Gasteiger partial charge in [-0.25, -0.2) is 0 Å². The van der Waals surface area contributed by atoms with E-state index in [1.165, 1.54) is 4.90 Å². The Kier molecular flexibility index (Phi) is 5.13. The van der Waals surface area contributed by atoms with Crippen LogP contribution in [0.3, 0.4) is 0 Å². The Balaban J connectivity index is 1.66. The number of methoxy groups -OCH3 is 1. The van der Waals surface area contributed by atoms with Gasteiger partial charge in [-0.3, -0.25) is 14.5 Å². The van der Waals surface area contributed by atoms with Crippen molar-refractivity contribution in [1.29, 1.82) is 0 Å². The third-order valence-corrected chi connectivity index (χ3v) is 6.08. The van der Waals surface area contributed by atoms with Crippen molar-refractivity contribution in [1.82, 2.24) is 0 Å². The fourth-order valence-electron chi connectivity index (χ4n) is 4.52. The third-order valence-electron chi connectivity index (χ3n) is 6.08. The maximum absolute atomic E-state index is 13.2. The van der Waals surface area contributed by atoms with Crippen molar-refractivity contribution in [2.45, 2.75) is 25.5 Å². The summed E-state index contributed by atoms with van der Waals surface area (Å²) in [6.45, 7) is 1.98. The van der Waals surface area contributed by atoms with Gasteiger partial charge in [0.2, 0.25) is 0 Å². The third kappa shape index (κ3) is 3.53. The van der Waals surface area contributed by atoms with Crippen LogP contribution in [0.15, 0.2) is 78.4 Å². The molecule has 3 aromatic rings. The molecule has 2 unspecified atom stereocenters. The first-order valence-corrected chi connectivity index (χ1v) is 10.8. The van der Waals surface area contributed by atoms with Gasteiger partial charge < -0.3 is 14.6 Å². The fraction of sp³-hybridized carbons (Fsp3) is 0.185. The largest absolute Gasteiger partial charge is 0.507 e. The number of aliphatic hydroxyl groups is 1. The standard InChI is InChI=1S/C27H23NO5/c1-16-14-19-15-18(8-13-22(19)33-16)25(29)23-24(17-6-4-3-5-7-17)28(27(31)26(23)30)20-9-11-21(32-2)12-10-20/h3-13,15-16,24,29H,14H2,1-2H3/b25-23-. The van der Waals surface area contributed by atoms with E-state index in [-0.39, 0.29) is 17.4 Å². The van der Waals surface area contributed by atoms with Crippen molar-refractivity contribution in [3.8, 4) is 11.5 Å². The highest BCUT2D eigenvalue weighted by Crippen LogP contribution is 2.43. The Morgan fingerprint density at radius 3 is 2.45 bits per heavy atom. The summed E-state index contributed by atoms with van der Waals surface area (Å²) in [4.78, 5) is 27.9. The Bertz CT molecular complexity index is 1260. The van der Waals surface area contributed by atoms with Crippen molar-refractivity contribution >= 4 is 23.1 Å². The van der Waals surface area contributed by atoms with Crippen LogP contribution in [0.1, 0.15) is 29.7 Å². The molecule has 33 heavy (non-hydrogen) atoms. The van der Waals surface area contributed by atoms with Gasteiger partial charge in [0, 0.05) is 17.7 Å². The second kappa shape index (κ2) is 8.13. The molecule has 0 aliphatic carbocycles. The average molecular weight is 441 g/mol. The van der Waals surface area contributed by atoms with Crippen LogP contribution in [0.4, 0.5) is 5.69 Å². The van der Waals surface area contributed by atoms with E-state index in [4.69, 9.17) is 9.47 Å². The minimum absolute atomic E-state index is 0.0577. The first-order valence-electron chi connectivity index (χ1n) is 10.8. The Morgan fingerprint density at radius 1 is 1.03 bits per heavy atom. The number of ketones is 1. The summed E-state index contributed by atoms with van der Waals surface area (Å²) < 4.78 is 11.0. The van der Waals surface area contributed by atoms with Crippen LogP contribution >= 0.6 is 0 Å². The molecule has 0 radical (unpaired) electrons. The SMILES string of the molecule is COc1ccc(N2C(=O)C(=O)/C(=C(\O)c3ccc4c(c3)CC(C)O4)C2c2ccccc2)cc1. The Labute approximate surface area is 191 Å². The summed E-state index contributed by atoms with van der Waals surface area (Å²) in [6.07, 6.45) is 0.779. The number of fused-ring (bicyclic) bond motifs is 1. The van der Waals surface area contributed by atoms with Crippen LogP contribution in [0.25, 0.3) is 5.76 Å². The van der Waals surface area contributed by atoms with Crippen LogP contribution in [0.2, 0.25) is 0 Å². The maximum Gasteiger partial charge on any atom is 0.300 e.